The van der Waals surface area contributed by atoms with Crippen LogP contribution < -0.4 is 5.32 Å². The van der Waals surface area contributed by atoms with Crippen LogP contribution in [0.5, 0.6) is 0 Å². The number of rotatable bonds is 4. The third-order valence-corrected chi connectivity index (χ3v) is 3.71. The number of nitrogens with zero attached hydrogens (tertiary/aromatic N) is 2. The standard InChI is InChI=1S/C12H18ClN3O2/c1-2-9-10(13)14-8-15-11(9)16-12(7-17)3-5-18-6-4-12/h8,17H,2-7H2,1H3,(H,14,15,16). The van der Waals surface area contributed by atoms with Crippen LogP contribution >= 0.6 is 11.6 Å². The zero-order valence-corrected chi connectivity index (χ0v) is 11.2. The van der Waals surface area contributed by atoms with E-state index >= 15 is 0 Å². The van der Waals surface area contributed by atoms with Crippen LogP contribution in [0, 0.1) is 0 Å². The lowest BCUT2D eigenvalue weighted by Crippen LogP contribution is -2.47. The zero-order chi connectivity index (χ0) is 13.0. The quantitative estimate of drug-likeness (QED) is 0.815. The number of hydrogen-bond donors (Lipinski definition) is 2. The van der Waals surface area contributed by atoms with E-state index in [2.05, 4.69) is 15.3 Å². The number of aliphatic hydroxyl groups is 1. The van der Waals surface area contributed by atoms with Gasteiger partial charge in [0.2, 0.25) is 0 Å². The summed E-state index contributed by atoms with van der Waals surface area (Å²) in [4.78, 5) is 8.22. The van der Waals surface area contributed by atoms with Gasteiger partial charge in [-0.25, -0.2) is 9.97 Å². The van der Waals surface area contributed by atoms with Crippen molar-refractivity contribution in [2.45, 2.75) is 31.7 Å². The third kappa shape index (κ3) is 2.74. The lowest BCUT2D eigenvalue weighted by molar-refractivity contribution is 0.0378. The largest absolute Gasteiger partial charge is 0.394 e. The van der Waals surface area contributed by atoms with E-state index in [-0.39, 0.29) is 12.1 Å². The molecule has 0 radical (unpaired) electrons. The fourth-order valence-electron chi connectivity index (χ4n) is 2.15. The predicted molar refractivity (Wildman–Crippen MR) is 69.9 cm³/mol. The van der Waals surface area contributed by atoms with Gasteiger partial charge in [0, 0.05) is 18.8 Å². The van der Waals surface area contributed by atoms with Crippen molar-refractivity contribution in [1.29, 1.82) is 0 Å². The second-order valence-electron chi connectivity index (χ2n) is 4.52. The summed E-state index contributed by atoms with van der Waals surface area (Å²) < 4.78 is 5.33. The average molecular weight is 272 g/mol. The first-order valence-corrected chi connectivity index (χ1v) is 6.55. The first-order chi connectivity index (χ1) is 8.71. The molecule has 1 aliphatic heterocycles. The maximum absolute atomic E-state index is 9.64. The molecule has 0 bridgehead atoms. The van der Waals surface area contributed by atoms with Crippen molar-refractivity contribution < 1.29 is 9.84 Å². The van der Waals surface area contributed by atoms with Crippen LogP contribution in [0.15, 0.2) is 6.33 Å². The first kappa shape index (κ1) is 13.5. The normalized spacial score (nSPS) is 18.6. The minimum Gasteiger partial charge on any atom is -0.394 e. The molecule has 2 rings (SSSR count). The van der Waals surface area contributed by atoms with E-state index in [1.165, 1.54) is 6.33 Å². The Morgan fingerprint density at radius 2 is 2.17 bits per heavy atom. The fourth-order valence-corrected chi connectivity index (χ4v) is 2.41. The number of hydrogen-bond acceptors (Lipinski definition) is 5. The summed E-state index contributed by atoms with van der Waals surface area (Å²) >= 11 is 6.06. The molecular formula is C12H18ClN3O2. The molecule has 0 aromatic carbocycles. The van der Waals surface area contributed by atoms with E-state index in [1.807, 2.05) is 6.92 Å². The van der Waals surface area contributed by atoms with E-state index in [0.717, 1.165) is 24.8 Å². The molecule has 100 valence electrons. The molecule has 2 heterocycles. The van der Waals surface area contributed by atoms with Gasteiger partial charge in [0.25, 0.3) is 0 Å². The van der Waals surface area contributed by atoms with Gasteiger partial charge >= 0.3 is 0 Å². The smallest absolute Gasteiger partial charge is 0.137 e. The van der Waals surface area contributed by atoms with Gasteiger partial charge in [0.1, 0.15) is 17.3 Å². The van der Waals surface area contributed by atoms with Crippen molar-refractivity contribution in [2.75, 3.05) is 25.1 Å². The number of aliphatic hydroxyl groups excluding tert-OH is 1. The topological polar surface area (TPSA) is 67.3 Å². The van der Waals surface area contributed by atoms with Gasteiger partial charge in [-0.15, -0.1) is 0 Å². The van der Waals surface area contributed by atoms with E-state index in [4.69, 9.17) is 16.3 Å². The molecule has 0 unspecified atom stereocenters. The zero-order valence-electron chi connectivity index (χ0n) is 10.4. The summed E-state index contributed by atoms with van der Waals surface area (Å²) in [6.07, 6.45) is 3.71. The molecule has 1 fully saturated rings. The molecule has 0 aliphatic carbocycles. The number of aromatic nitrogens is 2. The van der Waals surface area contributed by atoms with Gasteiger partial charge in [-0.3, -0.25) is 0 Å². The molecule has 0 atom stereocenters. The maximum Gasteiger partial charge on any atom is 0.137 e. The van der Waals surface area contributed by atoms with Crippen molar-refractivity contribution in [2.24, 2.45) is 0 Å². The van der Waals surface area contributed by atoms with Crippen LogP contribution in [0.25, 0.3) is 0 Å². The van der Waals surface area contributed by atoms with Crippen molar-refractivity contribution >= 4 is 17.4 Å². The maximum atomic E-state index is 9.64. The van der Waals surface area contributed by atoms with Crippen LogP contribution in [0.3, 0.4) is 0 Å². The van der Waals surface area contributed by atoms with Gasteiger partial charge in [0.05, 0.1) is 12.1 Å². The Hall–Kier alpha value is -0.910. The highest BCUT2D eigenvalue weighted by atomic mass is 35.5. The van der Waals surface area contributed by atoms with E-state index in [9.17, 15) is 5.11 Å². The summed E-state index contributed by atoms with van der Waals surface area (Å²) in [5.41, 5.74) is 0.526. The molecule has 1 aromatic heterocycles. The highest BCUT2D eigenvalue weighted by molar-refractivity contribution is 6.30. The van der Waals surface area contributed by atoms with Crippen molar-refractivity contribution in [1.82, 2.24) is 9.97 Å². The highest BCUT2D eigenvalue weighted by Gasteiger charge is 2.32. The van der Waals surface area contributed by atoms with Crippen molar-refractivity contribution in [3.05, 3.63) is 17.0 Å². The first-order valence-electron chi connectivity index (χ1n) is 6.17. The predicted octanol–water partition coefficient (Wildman–Crippen LogP) is 1.65. The number of halogens is 1. The Morgan fingerprint density at radius 3 is 2.78 bits per heavy atom. The fraction of sp³-hybridized carbons (Fsp3) is 0.667. The molecule has 0 saturated carbocycles. The summed E-state index contributed by atoms with van der Waals surface area (Å²) in [5, 5.41) is 13.4. The van der Waals surface area contributed by atoms with Crippen LogP contribution in [0.1, 0.15) is 25.3 Å². The van der Waals surface area contributed by atoms with Gasteiger partial charge in [-0.05, 0) is 19.3 Å². The lowest BCUT2D eigenvalue weighted by Gasteiger charge is -2.37. The van der Waals surface area contributed by atoms with Crippen LogP contribution in [-0.2, 0) is 11.2 Å². The number of ether oxygens (including phenoxy) is 1. The molecule has 1 aliphatic rings. The molecule has 6 heteroatoms. The summed E-state index contributed by atoms with van der Waals surface area (Å²) in [7, 11) is 0. The highest BCUT2D eigenvalue weighted by Crippen LogP contribution is 2.28. The van der Waals surface area contributed by atoms with Crippen molar-refractivity contribution in [3.8, 4) is 0 Å². The summed E-state index contributed by atoms with van der Waals surface area (Å²) in [6.45, 7) is 3.36. The molecule has 18 heavy (non-hydrogen) atoms. The second-order valence-corrected chi connectivity index (χ2v) is 4.88. The molecule has 0 amide bonds. The van der Waals surface area contributed by atoms with Gasteiger partial charge in [-0.2, -0.15) is 0 Å². The van der Waals surface area contributed by atoms with Gasteiger partial charge < -0.3 is 15.2 Å². The van der Waals surface area contributed by atoms with Crippen LogP contribution in [0.2, 0.25) is 5.15 Å². The lowest BCUT2D eigenvalue weighted by atomic mass is 9.91. The molecule has 1 saturated heterocycles. The Morgan fingerprint density at radius 1 is 1.44 bits per heavy atom. The van der Waals surface area contributed by atoms with Crippen LogP contribution in [0.4, 0.5) is 5.82 Å². The summed E-state index contributed by atoms with van der Waals surface area (Å²) in [6, 6.07) is 0. The molecule has 0 spiro atoms. The van der Waals surface area contributed by atoms with Gasteiger partial charge in [0.15, 0.2) is 0 Å². The van der Waals surface area contributed by atoms with E-state index in [1.54, 1.807) is 0 Å². The monoisotopic (exact) mass is 271 g/mol. The van der Waals surface area contributed by atoms with E-state index in [0.29, 0.717) is 24.2 Å². The minimum absolute atomic E-state index is 0.0567. The van der Waals surface area contributed by atoms with Crippen molar-refractivity contribution in [3.63, 3.8) is 0 Å². The summed E-state index contributed by atoms with van der Waals surface area (Å²) in [5.74, 6) is 0.716. The number of anilines is 1. The van der Waals surface area contributed by atoms with E-state index < -0.39 is 0 Å². The Bertz CT molecular complexity index is 408. The van der Waals surface area contributed by atoms with Gasteiger partial charge in [-0.1, -0.05) is 18.5 Å². The molecule has 1 aromatic rings. The molecule has 5 nitrogen and oxygen atoms in total. The minimum atomic E-state index is -0.361. The number of nitrogens with one attached hydrogen (secondary N) is 1. The average Bonchev–Trinajstić information content (AvgIpc) is 2.40. The second kappa shape index (κ2) is 5.82. The molecular weight excluding hydrogens is 254 g/mol. The Labute approximate surface area is 112 Å². The Balaban J connectivity index is 2.24. The third-order valence-electron chi connectivity index (χ3n) is 3.38. The molecule has 2 N–H and O–H groups in total. The Kier molecular flexibility index (Phi) is 4.37. The van der Waals surface area contributed by atoms with Crippen LogP contribution in [-0.4, -0.2) is 40.4 Å². The SMILES string of the molecule is CCc1c(Cl)ncnc1NC1(CO)CCOCC1.